The Kier molecular flexibility index (Phi) is 4.44. The van der Waals surface area contributed by atoms with Crippen molar-refractivity contribution in [3.63, 3.8) is 0 Å². The fraction of sp³-hybridized carbons (Fsp3) is 0.294. The fourth-order valence-corrected chi connectivity index (χ4v) is 2.14. The van der Waals surface area contributed by atoms with E-state index < -0.39 is 0 Å². The third-order valence-electron chi connectivity index (χ3n) is 3.40. The smallest absolute Gasteiger partial charge is 0.269 e. The zero-order valence-electron chi connectivity index (χ0n) is 12.2. The summed E-state index contributed by atoms with van der Waals surface area (Å²) in [5.41, 5.74) is 1.23. The van der Waals surface area contributed by atoms with Gasteiger partial charge in [-0.2, -0.15) is 5.26 Å². The maximum atomic E-state index is 12.4. The van der Waals surface area contributed by atoms with Crippen LogP contribution in [0.2, 0.25) is 0 Å². The molecule has 0 atom stereocenters. The molecule has 0 spiro atoms. The molecule has 0 aliphatic carbocycles. The molecular formula is C17H18N2O2. The van der Waals surface area contributed by atoms with Gasteiger partial charge in [0, 0.05) is 18.3 Å². The number of nitrogens with zero attached hydrogens (tertiary/aromatic N) is 2. The van der Waals surface area contributed by atoms with Crippen LogP contribution in [0.25, 0.3) is 11.1 Å². The van der Waals surface area contributed by atoms with Gasteiger partial charge in [-0.25, -0.2) is 0 Å². The molecule has 4 nitrogen and oxygen atoms in total. The van der Waals surface area contributed by atoms with E-state index in [2.05, 4.69) is 13.8 Å². The lowest BCUT2D eigenvalue weighted by molar-refractivity contribution is 0.475. The van der Waals surface area contributed by atoms with Crippen molar-refractivity contribution in [3.05, 3.63) is 52.4 Å². The van der Waals surface area contributed by atoms with Gasteiger partial charge in [-0.3, -0.25) is 4.79 Å². The number of phenols is 1. The van der Waals surface area contributed by atoms with Gasteiger partial charge in [0.05, 0.1) is 0 Å². The Morgan fingerprint density at radius 1 is 1.24 bits per heavy atom. The van der Waals surface area contributed by atoms with Crippen LogP contribution in [-0.2, 0) is 6.54 Å². The van der Waals surface area contributed by atoms with Crippen LogP contribution in [0.4, 0.5) is 0 Å². The largest absolute Gasteiger partial charge is 0.508 e. The Labute approximate surface area is 123 Å². The minimum Gasteiger partial charge on any atom is -0.508 e. The average Bonchev–Trinajstić information content (AvgIpc) is 2.46. The number of nitriles is 1. The Hall–Kier alpha value is -2.54. The Balaban J connectivity index is 2.45. The molecule has 0 aliphatic rings. The summed E-state index contributed by atoms with van der Waals surface area (Å²) in [6, 6.07) is 10.3. The van der Waals surface area contributed by atoms with Gasteiger partial charge in [0.15, 0.2) is 0 Å². The minimum absolute atomic E-state index is 0.145. The maximum Gasteiger partial charge on any atom is 0.269 e. The molecule has 0 saturated heterocycles. The van der Waals surface area contributed by atoms with E-state index in [0.29, 0.717) is 18.0 Å². The van der Waals surface area contributed by atoms with E-state index in [4.69, 9.17) is 0 Å². The second kappa shape index (κ2) is 6.27. The number of aromatic hydroxyl groups is 1. The average molecular weight is 282 g/mol. The zero-order valence-corrected chi connectivity index (χ0v) is 12.2. The van der Waals surface area contributed by atoms with Gasteiger partial charge in [-0.1, -0.05) is 26.0 Å². The highest BCUT2D eigenvalue weighted by molar-refractivity contribution is 5.70. The fourth-order valence-electron chi connectivity index (χ4n) is 2.14. The van der Waals surface area contributed by atoms with Crippen molar-refractivity contribution in [2.45, 2.75) is 26.8 Å². The van der Waals surface area contributed by atoms with Crippen molar-refractivity contribution in [1.82, 2.24) is 4.57 Å². The summed E-state index contributed by atoms with van der Waals surface area (Å²) in [5.74, 6) is 0.654. The van der Waals surface area contributed by atoms with Crippen molar-refractivity contribution in [2.24, 2.45) is 5.92 Å². The molecule has 0 fully saturated rings. The standard InChI is InChI=1S/C17H18N2O2/c1-12(2)7-9-19-10-8-15(16(11-18)17(19)21)13-3-5-14(20)6-4-13/h3-6,8,10,12,20H,7,9H2,1-2H3. The van der Waals surface area contributed by atoms with Crippen molar-refractivity contribution in [2.75, 3.05) is 0 Å². The molecule has 1 heterocycles. The van der Waals surface area contributed by atoms with Gasteiger partial charge >= 0.3 is 0 Å². The molecule has 0 amide bonds. The first-order valence-electron chi connectivity index (χ1n) is 6.96. The predicted molar refractivity (Wildman–Crippen MR) is 82.0 cm³/mol. The van der Waals surface area contributed by atoms with Crippen molar-refractivity contribution < 1.29 is 5.11 Å². The third-order valence-corrected chi connectivity index (χ3v) is 3.40. The van der Waals surface area contributed by atoms with E-state index in [9.17, 15) is 15.2 Å². The van der Waals surface area contributed by atoms with Crippen LogP contribution >= 0.6 is 0 Å². The Morgan fingerprint density at radius 3 is 2.48 bits per heavy atom. The van der Waals surface area contributed by atoms with Crippen LogP contribution in [0, 0.1) is 17.2 Å². The first kappa shape index (κ1) is 14.9. The van der Waals surface area contributed by atoms with Gasteiger partial charge in [-0.05, 0) is 36.1 Å². The van der Waals surface area contributed by atoms with E-state index in [0.717, 1.165) is 12.0 Å². The van der Waals surface area contributed by atoms with Gasteiger partial charge in [0.25, 0.3) is 5.56 Å². The highest BCUT2D eigenvalue weighted by Gasteiger charge is 2.11. The summed E-state index contributed by atoms with van der Waals surface area (Å²) in [6.07, 6.45) is 2.62. The molecule has 21 heavy (non-hydrogen) atoms. The summed E-state index contributed by atoms with van der Waals surface area (Å²) in [5, 5.41) is 18.6. The third kappa shape index (κ3) is 3.32. The molecule has 108 valence electrons. The molecule has 0 aliphatic heterocycles. The van der Waals surface area contributed by atoms with Crippen molar-refractivity contribution in [1.29, 1.82) is 5.26 Å². The van der Waals surface area contributed by atoms with Crippen LogP contribution in [0.15, 0.2) is 41.3 Å². The van der Waals surface area contributed by atoms with E-state index in [1.54, 1.807) is 41.1 Å². The van der Waals surface area contributed by atoms with Gasteiger partial charge in [0.1, 0.15) is 17.4 Å². The molecule has 0 bridgehead atoms. The second-order valence-corrected chi connectivity index (χ2v) is 5.44. The number of benzene rings is 1. The molecule has 4 heteroatoms. The van der Waals surface area contributed by atoms with Gasteiger partial charge in [0.2, 0.25) is 0 Å². The van der Waals surface area contributed by atoms with E-state index >= 15 is 0 Å². The SMILES string of the molecule is CC(C)CCn1ccc(-c2ccc(O)cc2)c(C#N)c1=O. The summed E-state index contributed by atoms with van der Waals surface area (Å²) in [4.78, 5) is 12.4. The lowest BCUT2D eigenvalue weighted by Crippen LogP contribution is -2.23. The zero-order chi connectivity index (χ0) is 15.4. The highest BCUT2D eigenvalue weighted by atomic mass is 16.3. The summed E-state index contributed by atoms with van der Waals surface area (Å²) < 4.78 is 1.59. The molecule has 2 rings (SSSR count). The normalized spacial score (nSPS) is 10.6. The van der Waals surface area contributed by atoms with E-state index in [1.165, 1.54) is 0 Å². The number of hydrogen-bond acceptors (Lipinski definition) is 3. The van der Waals surface area contributed by atoms with Gasteiger partial charge < -0.3 is 9.67 Å². The lowest BCUT2D eigenvalue weighted by atomic mass is 10.0. The summed E-state index contributed by atoms with van der Waals surface area (Å²) >= 11 is 0. The molecule has 1 aromatic heterocycles. The maximum absolute atomic E-state index is 12.4. The second-order valence-electron chi connectivity index (χ2n) is 5.44. The monoisotopic (exact) mass is 282 g/mol. The van der Waals surface area contributed by atoms with E-state index in [1.807, 2.05) is 6.07 Å². The topological polar surface area (TPSA) is 66.0 Å². The molecule has 0 radical (unpaired) electrons. The van der Waals surface area contributed by atoms with Crippen LogP contribution in [-0.4, -0.2) is 9.67 Å². The number of pyridine rings is 1. The number of aromatic nitrogens is 1. The number of hydrogen-bond donors (Lipinski definition) is 1. The van der Waals surface area contributed by atoms with Crippen molar-refractivity contribution in [3.8, 4) is 22.9 Å². The Bertz CT molecular complexity index is 722. The molecule has 1 N–H and O–H groups in total. The minimum atomic E-state index is -0.260. The van der Waals surface area contributed by atoms with Gasteiger partial charge in [-0.15, -0.1) is 0 Å². The molecule has 0 unspecified atom stereocenters. The molecule has 0 saturated carbocycles. The van der Waals surface area contributed by atoms with Crippen LogP contribution < -0.4 is 5.56 Å². The predicted octanol–water partition coefficient (Wildman–Crippen LogP) is 3.14. The lowest BCUT2D eigenvalue weighted by Gasteiger charge is -2.11. The van der Waals surface area contributed by atoms with Crippen LogP contribution in [0.5, 0.6) is 5.75 Å². The summed E-state index contributed by atoms with van der Waals surface area (Å²) in [6.45, 7) is 4.81. The molecular weight excluding hydrogens is 264 g/mol. The van der Waals surface area contributed by atoms with Crippen LogP contribution in [0.1, 0.15) is 25.8 Å². The Morgan fingerprint density at radius 2 is 1.90 bits per heavy atom. The highest BCUT2D eigenvalue weighted by Crippen LogP contribution is 2.23. The number of rotatable bonds is 4. The molecule has 1 aromatic carbocycles. The number of phenolic OH excluding ortho intramolecular Hbond substituents is 1. The number of aryl methyl sites for hydroxylation is 1. The first-order valence-corrected chi connectivity index (χ1v) is 6.96. The van der Waals surface area contributed by atoms with Crippen LogP contribution in [0.3, 0.4) is 0 Å². The summed E-state index contributed by atoms with van der Waals surface area (Å²) in [7, 11) is 0. The van der Waals surface area contributed by atoms with E-state index in [-0.39, 0.29) is 16.9 Å². The first-order chi connectivity index (χ1) is 10.0. The quantitative estimate of drug-likeness (QED) is 0.936. The molecule has 2 aromatic rings. The van der Waals surface area contributed by atoms with Crippen molar-refractivity contribution >= 4 is 0 Å².